The Hall–Kier alpha value is -5.17. The van der Waals surface area contributed by atoms with Gasteiger partial charge in [-0.3, -0.25) is 29.9 Å². The normalized spacial score (nSPS) is 10.6. The van der Waals surface area contributed by atoms with Gasteiger partial charge in [0.05, 0.1) is 33.1 Å². The summed E-state index contributed by atoms with van der Waals surface area (Å²) in [5, 5.41) is 6.83. The summed E-state index contributed by atoms with van der Waals surface area (Å²) in [7, 11) is 0. The second-order valence-electron chi connectivity index (χ2n) is 9.65. The number of pyridine rings is 6. The molecular weight excluding hydrogens is 564 g/mol. The fourth-order valence-corrected chi connectivity index (χ4v) is 5.04. The number of benzene rings is 3. The van der Waals surface area contributed by atoms with E-state index in [1.165, 1.54) is 0 Å². The van der Waals surface area contributed by atoms with Crippen molar-refractivity contribution in [2.24, 2.45) is 0 Å². The molecule has 6 aromatic heterocycles. The van der Waals surface area contributed by atoms with Crippen LogP contribution < -0.4 is 0 Å². The maximum absolute atomic E-state index is 4.35. The molecule has 0 unspecified atom stereocenters. The zero-order valence-corrected chi connectivity index (χ0v) is 24.6. The summed E-state index contributed by atoms with van der Waals surface area (Å²) in [5.41, 5.74) is 5.86. The van der Waals surface area contributed by atoms with Crippen molar-refractivity contribution in [3.05, 3.63) is 146 Å². The van der Waals surface area contributed by atoms with E-state index in [1.54, 1.807) is 37.2 Å². The van der Waals surface area contributed by atoms with Crippen molar-refractivity contribution in [3.8, 4) is 0 Å². The molecular formula is C36H24N6Ti+2. The van der Waals surface area contributed by atoms with Gasteiger partial charge in [0.2, 0.25) is 0 Å². The molecule has 0 fully saturated rings. The minimum absolute atomic E-state index is 0. The van der Waals surface area contributed by atoms with E-state index in [1.807, 2.05) is 36.4 Å². The van der Waals surface area contributed by atoms with E-state index >= 15 is 0 Å². The van der Waals surface area contributed by atoms with Gasteiger partial charge >= 0.3 is 21.7 Å². The van der Waals surface area contributed by atoms with Crippen molar-refractivity contribution in [1.29, 1.82) is 0 Å². The Kier molecular flexibility index (Phi) is 8.32. The van der Waals surface area contributed by atoms with Crippen molar-refractivity contribution in [2.75, 3.05) is 0 Å². The van der Waals surface area contributed by atoms with Crippen LogP contribution in [-0.2, 0) is 21.7 Å². The van der Waals surface area contributed by atoms with Gasteiger partial charge in [-0.1, -0.05) is 72.8 Å². The van der Waals surface area contributed by atoms with Crippen molar-refractivity contribution < 1.29 is 21.7 Å². The van der Waals surface area contributed by atoms with Gasteiger partial charge in [0, 0.05) is 69.5 Å². The van der Waals surface area contributed by atoms with Crippen molar-refractivity contribution >= 4 is 65.4 Å². The van der Waals surface area contributed by atoms with Gasteiger partial charge in [0.15, 0.2) is 0 Å². The topological polar surface area (TPSA) is 77.3 Å². The van der Waals surface area contributed by atoms with Crippen LogP contribution in [0.25, 0.3) is 65.4 Å². The van der Waals surface area contributed by atoms with Crippen LogP contribution in [0.2, 0.25) is 0 Å². The maximum atomic E-state index is 4.35. The first-order chi connectivity index (χ1) is 20.8. The van der Waals surface area contributed by atoms with Crippen LogP contribution in [-0.4, -0.2) is 29.9 Å². The quantitative estimate of drug-likeness (QED) is 0.131. The van der Waals surface area contributed by atoms with E-state index < -0.39 is 0 Å². The molecule has 43 heavy (non-hydrogen) atoms. The summed E-state index contributed by atoms with van der Waals surface area (Å²) in [6.45, 7) is 0. The maximum Gasteiger partial charge on any atom is 2.00 e. The molecule has 0 atom stereocenters. The summed E-state index contributed by atoms with van der Waals surface area (Å²) in [6, 6.07) is 36.4. The molecule has 0 aliphatic rings. The summed E-state index contributed by atoms with van der Waals surface area (Å²) in [5.74, 6) is 0. The Bertz CT molecular complexity index is 1910. The first-order valence-electron chi connectivity index (χ1n) is 13.6. The van der Waals surface area contributed by atoms with Crippen LogP contribution in [0.15, 0.2) is 146 Å². The number of hydrogen-bond donors (Lipinski definition) is 0. The number of rotatable bonds is 0. The van der Waals surface area contributed by atoms with E-state index in [0.29, 0.717) is 0 Å². The Morgan fingerprint density at radius 2 is 0.395 bits per heavy atom. The molecule has 200 valence electrons. The van der Waals surface area contributed by atoms with Gasteiger partial charge < -0.3 is 0 Å². The Morgan fingerprint density at radius 3 is 0.558 bits per heavy atom. The first kappa shape index (κ1) is 28.0. The molecule has 0 saturated carbocycles. The van der Waals surface area contributed by atoms with Gasteiger partial charge in [-0.05, 0) is 36.4 Å². The number of hydrogen-bond acceptors (Lipinski definition) is 6. The molecule has 0 saturated heterocycles. The smallest absolute Gasteiger partial charge is 0.254 e. The van der Waals surface area contributed by atoms with Gasteiger partial charge in [-0.2, -0.15) is 0 Å². The van der Waals surface area contributed by atoms with Crippen molar-refractivity contribution in [3.63, 3.8) is 0 Å². The average molecular weight is 588 g/mol. The van der Waals surface area contributed by atoms with E-state index in [0.717, 1.165) is 65.4 Å². The summed E-state index contributed by atoms with van der Waals surface area (Å²) < 4.78 is 0. The largest absolute Gasteiger partial charge is 2.00 e. The molecule has 3 aromatic carbocycles. The van der Waals surface area contributed by atoms with E-state index in [-0.39, 0.29) is 21.7 Å². The minimum atomic E-state index is 0. The Labute approximate surface area is 262 Å². The second kappa shape index (κ2) is 12.8. The monoisotopic (exact) mass is 588 g/mol. The molecule has 6 heterocycles. The first-order valence-corrected chi connectivity index (χ1v) is 13.6. The molecule has 6 nitrogen and oxygen atoms in total. The minimum Gasteiger partial charge on any atom is -0.254 e. The summed E-state index contributed by atoms with van der Waals surface area (Å²) >= 11 is 0. The Balaban J connectivity index is 0.000000113. The van der Waals surface area contributed by atoms with Crippen LogP contribution in [0.1, 0.15) is 0 Å². The SMILES string of the molecule is [Ti+2].c1cnc2c(c1)ccc1cccnc12.c1cnc2c(c1)ccc1cccnc12.c1cnc2c(c1)ccc1cccnc12. The van der Waals surface area contributed by atoms with Crippen molar-refractivity contribution in [1.82, 2.24) is 29.9 Å². The molecule has 0 aliphatic heterocycles. The average Bonchev–Trinajstić information content (AvgIpc) is 3.09. The van der Waals surface area contributed by atoms with Crippen LogP contribution in [0.3, 0.4) is 0 Å². The fraction of sp³-hybridized carbons (Fsp3) is 0. The standard InChI is InChI=1S/3C12H8N2.Ti/c3*1-3-9-5-6-10-4-2-8-14-12(10)11(9)13-7-1;/h3*1-8H;/q;;;+2. The molecule has 0 amide bonds. The molecule has 0 bridgehead atoms. The predicted octanol–water partition coefficient (Wildman–Crippen LogP) is 8.35. The summed E-state index contributed by atoms with van der Waals surface area (Å²) in [6.07, 6.45) is 10.8. The Morgan fingerprint density at radius 1 is 0.233 bits per heavy atom. The predicted molar refractivity (Wildman–Crippen MR) is 171 cm³/mol. The summed E-state index contributed by atoms with van der Waals surface area (Å²) in [4.78, 5) is 26.1. The van der Waals surface area contributed by atoms with Gasteiger partial charge in [-0.15, -0.1) is 0 Å². The number of aromatic nitrogens is 6. The molecule has 0 aliphatic carbocycles. The zero-order valence-electron chi connectivity index (χ0n) is 23.0. The van der Waals surface area contributed by atoms with Crippen LogP contribution >= 0.6 is 0 Å². The van der Waals surface area contributed by atoms with Crippen LogP contribution in [0, 0.1) is 0 Å². The van der Waals surface area contributed by atoms with Gasteiger partial charge in [0.25, 0.3) is 0 Å². The van der Waals surface area contributed by atoms with Crippen LogP contribution in [0.4, 0.5) is 0 Å². The molecule has 0 spiro atoms. The molecule has 0 N–H and O–H groups in total. The van der Waals surface area contributed by atoms with E-state index in [4.69, 9.17) is 0 Å². The van der Waals surface area contributed by atoms with E-state index in [9.17, 15) is 0 Å². The third-order valence-corrected chi connectivity index (χ3v) is 7.03. The van der Waals surface area contributed by atoms with Crippen molar-refractivity contribution in [2.45, 2.75) is 0 Å². The van der Waals surface area contributed by atoms with Gasteiger partial charge in [-0.25, -0.2) is 0 Å². The third kappa shape index (κ3) is 5.79. The number of nitrogens with zero attached hydrogens (tertiary/aromatic N) is 6. The number of fused-ring (bicyclic) bond motifs is 9. The van der Waals surface area contributed by atoms with Crippen LogP contribution in [0.5, 0.6) is 0 Å². The molecule has 9 aromatic rings. The second-order valence-corrected chi connectivity index (χ2v) is 9.65. The fourth-order valence-electron chi connectivity index (χ4n) is 5.04. The molecule has 0 radical (unpaired) electrons. The third-order valence-electron chi connectivity index (χ3n) is 7.03. The van der Waals surface area contributed by atoms with Gasteiger partial charge in [0.1, 0.15) is 0 Å². The molecule has 7 heteroatoms. The molecule has 9 rings (SSSR count). The van der Waals surface area contributed by atoms with E-state index in [2.05, 4.69) is 103 Å². The zero-order chi connectivity index (χ0) is 28.1.